The lowest BCUT2D eigenvalue weighted by Crippen LogP contribution is -2.15. The first kappa shape index (κ1) is 19.7. The number of carbonyl (C=O) groups excluding carboxylic acids is 1. The molecule has 0 bridgehead atoms. The summed E-state index contributed by atoms with van der Waals surface area (Å²) in [5.74, 6) is -1.08. The summed E-state index contributed by atoms with van der Waals surface area (Å²) in [5, 5.41) is 11.2. The SMILES string of the molecule is CC[C@@H](C)Cc1c(C)sc2nc(COC(=O)c3ccc([N+](=O)[O-])o3)[nH]c(=O)c12. The maximum atomic E-state index is 12.6. The molecule has 3 rings (SSSR count). The lowest BCUT2D eigenvalue weighted by molar-refractivity contribution is -0.402. The maximum Gasteiger partial charge on any atom is 0.433 e. The number of esters is 1. The van der Waals surface area contributed by atoms with E-state index < -0.39 is 16.8 Å². The third-order valence-corrected chi connectivity index (χ3v) is 5.52. The normalized spacial score (nSPS) is 12.2. The zero-order valence-corrected chi connectivity index (χ0v) is 16.4. The first-order chi connectivity index (χ1) is 13.3. The number of aryl methyl sites for hydroxylation is 1. The van der Waals surface area contributed by atoms with Crippen LogP contribution in [0.2, 0.25) is 0 Å². The van der Waals surface area contributed by atoms with Crippen molar-refractivity contribution in [2.24, 2.45) is 5.92 Å². The van der Waals surface area contributed by atoms with E-state index in [0.29, 0.717) is 16.1 Å². The molecule has 0 saturated carbocycles. The van der Waals surface area contributed by atoms with E-state index in [2.05, 4.69) is 23.8 Å². The van der Waals surface area contributed by atoms with Crippen LogP contribution >= 0.6 is 11.3 Å². The number of thiophene rings is 1. The molecule has 0 amide bonds. The van der Waals surface area contributed by atoms with Crippen molar-refractivity contribution in [3.63, 3.8) is 0 Å². The Kier molecular flexibility index (Phi) is 5.59. The van der Waals surface area contributed by atoms with Crippen molar-refractivity contribution in [2.45, 2.75) is 40.2 Å². The number of aromatic amines is 1. The van der Waals surface area contributed by atoms with Gasteiger partial charge in [-0.2, -0.15) is 0 Å². The van der Waals surface area contributed by atoms with Crippen molar-refractivity contribution in [1.29, 1.82) is 0 Å². The van der Waals surface area contributed by atoms with E-state index in [1.165, 1.54) is 11.3 Å². The van der Waals surface area contributed by atoms with Crippen molar-refractivity contribution in [1.82, 2.24) is 9.97 Å². The Balaban J connectivity index is 1.79. The third-order valence-electron chi connectivity index (χ3n) is 4.47. The average Bonchev–Trinajstić information content (AvgIpc) is 3.25. The van der Waals surface area contributed by atoms with Crippen molar-refractivity contribution in [2.75, 3.05) is 0 Å². The third kappa shape index (κ3) is 3.96. The molecule has 3 aromatic rings. The van der Waals surface area contributed by atoms with Crippen LogP contribution in [0.3, 0.4) is 0 Å². The highest BCUT2D eigenvalue weighted by atomic mass is 32.1. The molecular formula is C18H19N3O6S. The Morgan fingerprint density at radius 3 is 2.86 bits per heavy atom. The van der Waals surface area contributed by atoms with Gasteiger partial charge < -0.3 is 14.1 Å². The summed E-state index contributed by atoms with van der Waals surface area (Å²) in [4.78, 5) is 43.1. The number of furan rings is 1. The fourth-order valence-corrected chi connectivity index (χ4v) is 3.84. The van der Waals surface area contributed by atoms with Gasteiger partial charge in [-0.25, -0.2) is 9.78 Å². The molecule has 1 atom stereocenters. The van der Waals surface area contributed by atoms with E-state index in [9.17, 15) is 19.7 Å². The maximum absolute atomic E-state index is 12.6. The number of aromatic nitrogens is 2. The molecular weight excluding hydrogens is 386 g/mol. The molecule has 3 aromatic heterocycles. The number of ether oxygens (including phenoxy) is 1. The van der Waals surface area contributed by atoms with Crippen LogP contribution in [0.15, 0.2) is 21.3 Å². The Hall–Kier alpha value is -3.01. The largest absolute Gasteiger partial charge is 0.452 e. The van der Waals surface area contributed by atoms with Crippen LogP contribution in [-0.2, 0) is 17.8 Å². The van der Waals surface area contributed by atoms with Crippen molar-refractivity contribution in [3.05, 3.63) is 54.6 Å². The summed E-state index contributed by atoms with van der Waals surface area (Å²) >= 11 is 1.43. The molecule has 0 unspecified atom stereocenters. The highest BCUT2D eigenvalue weighted by Crippen LogP contribution is 2.29. The molecule has 0 radical (unpaired) electrons. The van der Waals surface area contributed by atoms with Crippen LogP contribution in [0, 0.1) is 23.0 Å². The van der Waals surface area contributed by atoms with Gasteiger partial charge >= 0.3 is 11.9 Å². The Morgan fingerprint density at radius 1 is 1.46 bits per heavy atom. The van der Waals surface area contributed by atoms with Gasteiger partial charge in [-0.05, 0) is 30.9 Å². The van der Waals surface area contributed by atoms with Crippen molar-refractivity contribution < 1.29 is 18.9 Å². The minimum atomic E-state index is -0.879. The molecule has 28 heavy (non-hydrogen) atoms. The van der Waals surface area contributed by atoms with Crippen LogP contribution in [-0.4, -0.2) is 20.9 Å². The molecule has 9 nitrogen and oxygen atoms in total. The van der Waals surface area contributed by atoms with E-state index in [4.69, 9.17) is 9.15 Å². The van der Waals surface area contributed by atoms with Gasteiger partial charge in [0, 0.05) is 4.88 Å². The number of carbonyl (C=O) groups is 1. The molecule has 1 N–H and O–H groups in total. The molecule has 0 aliphatic rings. The number of nitro groups is 1. The zero-order valence-electron chi connectivity index (χ0n) is 15.6. The van der Waals surface area contributed by atoms with E-state index >= 15 is 0 Å². The van der Waals surface area contributed by atoms with Crippen LogP contribution in [0.1, 0.15) is 47.1 Å². The van der Waals surface area contributed by atoms with Crippen LogP contribution in [0.5, 0.6) is 0 Å². The highest BCUT2D eigenvalue weighted by molar-refractivity contribution is 7.18. The predicted molar refractivity (Wildman–Crippen MR) is 103 cm³/mol. The van der Waals surface area contributed by atoms with Gasteiger partial charge in [-0.15, -0.1) is 11.3 Å². The Labute approximate surface area is 163 Å². The smallest absolute Gasteiger partial charge is 0.433 e. The van der Waals surface area contributed by atoms with Crippen LogP contribution < -0.4 is 5.56 Å². The van der Waals surface area contributed by atoms with Gasteiger partial charge in [0.2, 0.25) is 5.76 Å². The molecule has 3 heterocycles. The summed E-state index contributed by atoms with van der Waals surface area (Å²) in [7, 11) is 0. The first-order valence-electron chi connectivity index (χ1n) is 8.72. The molecule has 0 fully saturated rings. The lowest BCUT2D eigenvalue weighted by Gasteiger charge is -2.08. The first-order valence-corrected chi connectivity index (χ1v) is 9.54. The van der Waals surface area contributed by atoms with Gasteiger partial charge in [0.25, 0.3) is 5.56 Å². The minimum Gasteiger partial charge on any atom is -0.452 e. The van der Waals surface area contributed by atoms with Crippen LogP contribution in [0.25, 0.3) is 10.2 Å². The quantitative estimate of drug-likeness (QED) is 0.360. The lowest BCUT2D eigenvalue weighted by atomic mass is 9.98. The summed E-state index contributed by atoms with van der Waals surface area (Å²) in [6.45, 7) is 5.93. The van der Waals surface area contributed by atoms with E-state index in [-0.39, 0.29) is 23.8 Å². The topological polar surface area (TPSA) is 128 Å². The van der Waals surface area contributed by atoms with E-state index in [1.54, 1.807) is 0 Å². The molecule has 0 spiro atoms. The fourth-order valence-electron chi connectivity index (χ4n) is 2.77. The van der Waals surface area contributed by atoms with Gasteiger partial charge in [0.05, 0.1) is 11.5 Å². The van der Waals surface area contributed by atoms with E-state index in [1.807, 2.05) is 6.92 Å². The molecule has 10 heteroatoms. The molecule has 148 valence electrons. The second-order valence-electron chi connectivity index (χ2n) is 6.52. The molecule has 0 aliphatic carbocycles. The second kappa shape index (κ2) is 7.93. The van der Waals surface area contributed by atoms with Gasteiger partial charge in [0.15, 0.2) is 0 Å². The number of hydrogen-bond acceptors (Lipinski definition) is 8. The summed E-state index contributed by atoms with van der Waals surface area (Å²) in [6.07, 6.45) is 1.82. The zero-order chi connectivity index (χ0) is 20.4. The predicted octanol–water partition coefficient (Wildman–Crippen LogP) is 3.74. The summed E-state index contributed by atoms with van der Waals surface area (Å²) < 4.78 is 9.84. The summed E-state index contributed by atoms with van der Waals surface area (Å²) in [5.41, 5.74) is 0.738. The second-order valence-corrected chi connectivity index (χ2v) is 7.72. The average molecular weight is 405 g/mol. The highest BCUT2D eigenvalue weighted by Gasteiger charge is 2.20. The number of H-pyrrole nitrogens is 1. The number of fused-ring (bicyclic) bond motifs is 1. The van der Waals surface area contributed by atoms with Crippen molar-refractivity contribution in [3.8, 4) is 0 Å². The minimum absolute atomic E-state index is 0.197. The molecule has 0 saturated heterocycles. The van der Waals surface area contributed by atoms with Gasteiger partial charge in [-0.3, -0.25) is 14.9 Å². The van der Waals surface area contributed by atoms with Crippen LogP contribution in [0.4, 0.5) is 5.88 Å². The number of nitrogens with one attached hydrogen (secondary N) is 1. The number of hydrogen-bond donors (Lipinski definition) is 1. The Bertz CT molecular complexity index is 1100. The number of nitrogens with zero attached hydrogens (tertiary/aromatic N) is 2. The standard InChI is InChI=1S/C18H19N3O6S/c1-4-9(2)7-11-10(3)28-17-15(11)16(22)19-13(20-17)8-26-18(23)12-5-6-14(27-12)21(24)25/h5-6,9H,4,7-8H2,1-3H3,(H,19,20,22)/t9-/m1/s1. The Morgan fingerprint density at radius 2 is 2.21 bits per heavy atom. The van der Waals surface area contributed by atoms with Gasteiger partial charge in [-0.1, -0.05) is 20.3 Å². The summed E-state index contributed by atoms with van der Waals surface area (Å²) in [6, 6.07) is 2.22. The monoisotopic (exact) mass is 405 g/mol. The fraction of sp³-hybridized carbons (Fsp3) is 0.389. The molecule has 0 aromatic carbocycles. The number of rotatable bonds is 7. The molecule has 0 aliphatic heterocycles. The van der Waals surface area contributed by atoms with Crippen molar-refractivity contribution >= 4 is 33.4 Å². The van der Waals surface area contributed by atoms with E-state index in [0.717, 1.165) is 35.4 Å². The van der Waals surface area contributed by atoms with Gasteiger partial charge in [0.1, 0.15) is 22.2 Å².